The minimum absolute atomic E-state index is 0.0464. The van der Waals surface area contributed by atoms with Crippen LogP contribution in [0.1, 0.15) is 32.1 Å². The molecule has 0 aromatic rings. The number of sulfone groups is 1. The van der Waals surface area contributed by atoms with Gasteiger partial charge in [-0.05, 0) is 25.5 Å². The maximum absolute atomic E-state index is 11.8. The van der Waals surface area contributed by atoms with Crippen molar-refractivity contribution in [2.24, 2.45) is 5.73 Å². The van der Waals surface area contributed by atoms with E-state index in [4.69, 9.17) is 5.73 Å². The molecule has 0 saturated heterocycles. The Morgan fingerprint density at radius 1 is 1.42 bits per heavy atom. The Bertz CT molecular complexity index is 403. The van der Waals surface area contributed by atoms with Crippen molar-refractivity contribution in [1.82, 2.24) is 5.32 Å². The van der Waals surface area contributed by atoms with E-state index >= 15 is 0 Å². The van der Waals surface area contributed by atoms with Crippen LogP contribution in [0.15, 0.2) is 0 Å². The van der Waals surface area contributed by atoms with Gasteiger partial charge < -0.3 is 11.1 Å². The molecular formula is C12H24N2O3S2. The fourth-order valence-corrected chi connectivity index (χ4v) is 3.92. The Morgan fingerprint density at radius 2 is 2.00 bits per heavy atom. The van der Waals surface area contributed by atoms with Gasteiger partial charge in [-0.1, -0.05) is 12.8 Å². The molecule has 0 heterocycles. The zero-order valence-corrected chi connectivity index (χ0v) is 13.3. The van der Waals surface area contributed by atoms with Gasteiger partial charge >= 0.3 is 0 Å². The average molecular weight is 308 g/mol. The van der Waals surface area contributed by atoms with Crippen molar-refractivity contribution in [3.8, 4) is 0 Å². The summed E-state index contributed by atoms with van der Waals surface area (Å²) in [6, 6.07) is -0.741. The van der Waals surface area contributed by atoms with Crippen molar-refractivity contribution >= 4 is 27.5 Å². The van der Waals surface area contributed by atoms with Gasteiger partial charge in [-0.25, -0.2) is 8.42 Å². The number of rotatable bonds is 7. The maximum atomic E-state index is 11.8. The standard InChI is InChI=1S/C12H24N2O3S2/c1-18-12(6-3-4-7-12)9-14-11(15)10(13)5-8-19(2,16)17/h10H,3-9,13H2,1-2H3,(H,14,15). The van der Waals surface area contributed by atoms with Crippen LogP contribution in [-0.2, 0) is 14.6 Å². The predicted octanol–water partition coefficient (Wildman–Crippen LogP) is 0.540. The Kier molecular flexibility index (Phi) is 6.14. The highest BCUT2D eigenvalue weighted by Gasteiger charge is 2.33. The summed E-state index contributed by atoms with van der Waals surface area (Å²) in [6.45, 7) is 0.625. The first-order chi connectivity index (χ1) is 8.78. The van der Waals surface area contributed by atoms with Gasteiger partial charge in [0.1, 0.15) is 9.84 Å². The van der Waals surface area contributed by atoms with E-state index < -0.39 is 15.9 Å². The minimum Gasteiger partial charge on any atom is -0.353 e. The molecule has 112 valence electrons. The van der Waals surface area contributed by atoms with Crippen LogP contribution in [0.2, 0.25) is 0 Å². The molecule has 1 amide bonds. The zero-order chi connectivity index (χ0) is 14.5. The molecule has 0 aromatic carbocycles. The van der Waals surface area contributed by atoms with Gasteiger partial charge in [0.2, 0.25) is 5.91 Å². The fourth-order valence-electron chi connectivity index (χ4n) is 2.32. The SMILES string of the molecule is CSC1(CNC(=O)C(N)CCS(C)(=O)=O)CCCC1. The number of hydrogen-bond acceptors (Lipinski definition) is 5. The Labute approximate surface area is 120 Å². The number of nitrogens with one attached hydrogen (secondary N) is 1. The molecule has 0 radical (unpaired) electrons. The number of carbonyl (C=O) groups excluding carboxylic acids is 1. The maximum Gasteiger partial charge on any atom is 0.236 e. The van der Waals surface area contributed by atoms with E-state index in [-0.39, 0.29) is 22.8 Å². The molecule has 0 aromatic heterocycles. The summed E-state index contributed by atoms with van der Waals surface area (Å²) in [5, 5.41) is 2.87. The predicted molar refractivity (Wildman–Crippen MR) is 80.0 cm³/mol. The lowest BCUT2D eigenvalue weighted by Gasteiger charge is -2.27. The summed E-state index contributed by atoms with van der Waals surface area (Å²) in [5.74, 6) is -0.293. The topological polar surface area (TPSA) is 89.3 Å². The lowest BCUT2D eigenvalue weighted by Crippen LogP contribution is -2.46. The van der Waals surface area contributed by atoms with Crippen LogP contribution < -0.4 is 11.1 Å². The second-order valence-corrected chi connectivity index (χ2v) is 8.87. The fraction of sp³-hybridized carbons (Fsp3) is 0.917. The highest BCUT2D eigenvalue weighted by atomic mass is 32.2. The van der Waals surface area contributed by atoms with Crippen molar-refractivity contribution in [3.63, 3.8) is 0 Å². The first kappa shape index (κ1) is 16.8. The van der Waals surface area contributed by atoms with Crippen molar-refractivity contribution < 1.29 is 13.2 Å². The normalized spacial score (nSPS) is 20.2. The number of nitrogens with two attached hydrogens (primary N) is 1. The van der Waals surface area contributed by atoms with Crippen molar-refractivity contribution in [3.05, 3.63) is 0 Å². The smallest absolute Gasteiger partial charge is 0.236 e. The quantitative estimate of drug-likeness (QED) is 0.716. The Hall–Kier alpha value is -0.270. The molecule has 1 aliphatic carbocycles. The number of carbonyl (C=O) groups is 1. The lowest BCUT2D eigenvalue weighted by molar-refractivity contribution is -0.122. The summed E-state index contributed by atoms with van der Waals surface area (Å²) in [7, 11) is -3.06. The van der Waals surface area contributed by atoms with Crippen molar-refractivity contribution in [2.75, 3.05) is 24.8 Å². The van der Waals surface area contributed by atoms with E-state index in [0.717, 1.165) is 19.1 Å². The molecule has 7 heteroatoms. The summed E-state index contributed by atoms with van der Waals surface area (Å²) >= 11 is 1.80. The van der Waals surface area contributed by atoms with Gasteiger partial charge in [0, 0.05) is 17.5 Å². The Morgan fingerprint density at radius 3 is 2.47 bits per heavy atom. The van der Waals surface area contributed by atoms with Crippen LogP contribution >= 0.6 is 11.8 Å². The van der Waals surface area contributed by atoms with Crippen molar-refractivity contribution in [2.45, 2.75) is 42.9 Å². The molecule has 19 heavy (non-hydrogen) atoms. The van der Waals surface area contributed by atoms with E-state index in [1.165, 1.54) is 12.8 Å². The second kappa shape index (κ2) is 6.95. The van der Waals surface area contributed by atoms with Gasteiger partial charge in [0.15, 0.2) is 0 Å². The first-order valence-electron chi connectivity index (χ1n) is 6.54. The van der Waals surface area contributed by atoms with Crippen LogP contribution in [0.4, 0.5) is 0 Å². The molecule has 0 aliphatic heterocycles. The third kappa shape index (κ3) is 5.71. The molecule has 1 rings (SSSR count). The molecule has 1 atom stereocenters. The minimum atomic E-state index is -3.06. The average Bonchev–Trinajstić information content (AvgIpc) is 2.81. The molecule has 1 fully saturated rings. The third-order valence-corrected chi connectivity index (χ3v) is 6.06. The molecule has 0 spiro atoms. The van der Waals surface area contributed by atoms with E-state index in [1.54, 1.807) is 11.8 Å². The molecule has 3 N–H and O–H groups in total. The van der Waals surface area contributed by atoms with Gasteiger partial charge in [0.05, 0.1) is 11.8 Å². The monoisotopic (exact) mass is 308 g/mol. The van der Waals surface area contributed by atoms with Gasteiger partial charge in [-0.3, -0.25) is 4.79 Å². The lowest BCUT2D eigenvalue weighted by atomic mass is 10.1. The van der Waals surface area contributed by atoms with Crippen LogP contribution in [-0.4, -0.2) is 49.9 Å². The zero-order valence-electron chi connectivity index (χ0n) is 11.6. The van der Waals surface area contributed by atoms with Crippen molar-refractivity contribution in [1.29, 1.82) is 0 Å². The molecule has 1 aliphatic rings. The van der Waals surface area contributed by atoms with Crippen LogP contribution in [0.25, 0.3) is 0 Å². The Balaban J connectivity index is 2.38. The van der Waals surface area contributed by atoms with Crippen LogP contribution in [0, 0.1) is 0 Å². The van der Waals surface area contributed by atoms with Gasteiger partial charge in [0.25, 0.3) is 0 Å². The number of amides is 1. The molecular weight excluding hydrogens is 284 g/mol. The van der Waals surface area contributed by atoms with E-state index in [2.05, 4.69) is 11.6 Å². The molecule has 5 nitrogen and oxygen atoms in total. The van der Waals surface area contributed by atoms with Crippen LogP contribution in [0.3, 0.4) is 0 Å². The number of thioether (sulfide) groups is 1. The summed E-state index contributed by atoms with van der Waals surface area (Å²) < 4.78 is 22.2. The highest BCUT2D eigenvalue weighted by molar-refractivity contribution is 8.00. The largest absolute Gasteiger partial charge is 0.353 e. The third-order valence-electron chi connectivity index (χ3n) is 3.67. The summed E-state index contributed by atoms with van der Waals surface area (Å²) in [6.07, 6.45) is 8.05. The van der Waals surface area contributed by atoms with Gasteiger partial charge in [-0.15, -0.1) is 0 Å². The first-order valence-corrected chi connectivity index (χ1v) is 9.83. The molecule has 1 unspecified atom stereocenters. The summed E-state index contributed by atoms with van der Waals surface area (Å²) in [5.41, 5.74) is 5.71. The molecule has 1 saturated carbocycles. The van der Waals surface area contributed by atoms with Crippen LogP contribution in [0.5, 0.6) is 0 Å². The van der Waals surface area contributed by atoms with E-state index in [0.29, 0.717) is 6.54 Å². The highest BCUT2D eigenvalue weighted by Crippen LogP contribution is 2.39. The second-order valence-electron chi connectivity index (χ2n) is 5.34. The molecule has 0 bridgehead atoms. The number of hydrogen-bond donors (Lipinski definition) is 2. The van der Waals surface area contributed by atoms with E-state index in [9.17, 15) is 13.2 Å². The summed E-state index contributed by atoms with van der Waals surface area (Å²) in [4.78, 5) is 11.8. The van der Waals surface area contributed by atoms with Gasteiger partial charge in [-0.2, -0.15) is 11.8 Å². The van der Waals surface area contributed by atoms with E-state index in [1.807, 2.05) is 0 Å².